The summed E-state index contributed by atoms with van der Waals surface area (Å²) in [6, 6.07) is 4.23. The van der Waals surface area contributed by atoms with E-state index in [1.807, 2.05) is 0 Å². The van der Waals surface area contributed by atoms with Crippen molar-refractivity contribution in [2.24, 2.45) is 5.73 Å². The number of nitrogens with two attached hydrogens (primary N) is 1. The molecule has 124 valence electrons. The predicted octanol–water partition coefficient (Wildman–Crippen LogP) is 2.06. The van der Waals surface area contributed by atoms with Gasteiger partial charge in [-0.1, -0.05) is 0 Å². The molecule has 0 aliphatic rings. The lowest BCUT2D eigenvalue weighted by Crippen LogP contribution is -2.13. The van der Waals surface area contributed by atoms with Crippen molar-refractivity contribution in [2.45, 2.75) is 6.42 Å². The highest BCUT2D eigenvalue weighted by Crippen LogP contribution is 2.22. The van der Waals surface area contributed by atoms with Gasteiger partial charge in [0.2, 0.25) is 0 Å². The minimum absolute atomic E-state index is 0.110. The molecule has 1 heterocycles. The Kier molecular flexibility index (Phi) is 6.45. The predicted molar refractivity (Wildman–Crippen MR) is 86.6 cm³/mol. The first-order chi connectivity index (χ1) is 11.1. The number of carbonyl (C=O) groups is 1. The highest BCUT2D eigenvalue weighted by molar-refractivity contribution is 7.09. The van der Waals surface area contributed by atoms with E-state index in [2.05, 4.69) is 10.3 Å². The van der Waals surface area contributed by atoms with Gasteiger partial charge in [0.05, 0.1) is 11.6 Å². The molecular weight excluding hydrogens is 321 g/mol. The molecule has 3 N–H and O–H groups in total. The van der Waals surface area contributed by atoms with Crippen LogP contribution in [-0.2, 0) is 11.2 Å². The monoisotopic (exact) mass is 339 g/mol. The summed E-state index contributed by atoms with van der Waals surface area (Å²) < 4.78 is 23.9. The van der Waals surface area contributed by atoms with E-state index in [4.69, 9.17) is 15.2 Å². The third-order valence-electron chi connectivity index (χ3n) is 2.88. The molecule has 2 aromatic rings. The van der Waals surface area contributed by atoms with Gasteiger partial charge >= 0.3 is 0 Å². The number of ether oxygens (including phenoxy) is 2. The van der Waals surface area contributed by atoms with Gasteiger partial charge in [-0.25, -0.2) is 9.37 Å². The van der Waals surface area contributed by atoms with Crippen LogP contribution in [0, 0.1) is 5.82 Å². The Morgan fingerprint density at radius 3 is 2.96 bits per heavy atom. The molecule has 6 nitrogen and oxygen atoms in total. The Morgan fingerprint density at radius 2 is 2.26 bits per heavy atom. The van der Waals surface area contributed by atoms with Gasteiger partial charge < -0.3 is 20.5 Å². The highest BCUT2D eigenvalue weighted by atomic mass is 32.1. The maximum atomic E-state index is 13.9. The quantitative estimate of drug-likeness (QED) is 0.719. The van der Waals surface area contributed by atoms with Crippen LogP contribution in [0.15, 0.2) is 23.6 Å². The lowest BCUT2D eigenvalue weighted by atomic mass is 10.2. The van der Waals surface area contributed by atoms with Gasteiger partial charge in [-0.3, -0.25) is 4.79 Å². The summed E-state index contributed by atoms with van der Waals surface area (Å²) in [4.78, 5) is 16.3. The average molecular weight is 339 g/mol. The lowest BCUT2D eigenvalue weighted by molar-refractivity contribution is 0.102. The Morgan fingerprint density at radius 1 is 1.43 bits per heavy atom. The van der Waals surface area contributed by atoms with E-state index < -0.39 is 11.7 Å². The van der Waals surface area contributed by atoms with Crippen LogP contribution in [0.2, 0.25) is 0 Å². The van der Waals surface area contributed by atoms with Crippen LogP contribution in [0.4, 0.5) is 10.1 Å². The lowest BCUT2D eigenvalue weighted by Gasteiger charge is -2.08. The Hall–Kier alpha value is -2.03. The number of amides is 1. The second-order valence-corrected chi connectivity index (χ2v) is 5.55. The zero-order valence-corrected chi connectivity index (χ0v) is 13.5. The topological polar surface area (TPSA) is 86.5 Å². The second-order valence-electron chi connectivity index (χ2n) is 4.61. The van der Waals surface area contributed by atoms with Crippen LogP contribution in [0.3, 0.4) is 0 Å². The van der Waals surface area contributed by atoms with Crippen molar-refractivity contribution >= 4 is 22.9 Å². The van der Waals surface area contributed by atoms with Gasteiger partial charge in [0.15, 0.2) is 11.6 Å². The van der Waals surface area contributed by atoms with Crippen molar-refractivity contribution in [3.8, 4) is 5.75 Å². The maximum absolute atomic E-state index is 13.9. The van der Waals surface area contributed by atoms with E-state index in [0.717, 1.165) is 5.01 Å². The van der Waals surface area contributed by atoms with Crippen LogP contribution < -0.4 is 15.8 Å². The number of nitrogens with zero attached hydrogens (tertiary/aromatic N) is 1. The van der Waals surface area contributed by atoms with E-state index in [9.17, 15) is 9.18 Å². The van der Waals surface area contributed by atoms with E-state index in [1.165, 1.54) is 30.6 Å². The van der Waals surface area contributed by atoms with Crippen LogP contribution >= 0.6 is 11.3 Å². The molecule has 1 aromatic carbocycles. The standard InChI is InChI=1S/C15H18FN3O3S/c1-21-6-7-22-13-3-2-10(8-11(13)16)18-15(20)12-9-23-14(19-12)4-5-17/h2-3,8-9H,4-7,17H2,1H3,(H,18,20). The van der Waals surface area contributed by atoms with E-state index in [0.29, 0.717) is 31.0 Å². The summed E-state index contributed by atoms with van der Waals surface area (Å²) in [5.74, 6) is -0.836. The SMILES string of the molecule is COCCOc1ccc(NC(=O)c2csc(CCN)n2)cc1F. The zero-order valence-electron chi connectivity index (χ0n) is 12.7. The molecule has 2 rings (SSSR count). The number of anilines is 1. The summed E-state index contributed by atoms with van der Waals surface area (Å²) in [6.07, 6.45) is 0.625. The van der Waals surface area contributed by atoms with Crippen LogP contribution in [-0.4, -0.2) is 37.8 Å². The summed E-state index contributed by atoms with van der Waals surface area (Å²) in [5, 5.41) is 5.05. The third kappa shape index (κ3) is 4.98. The van der Waals surface area contributed by atoms with Crippen molar-refractivity contribution in [3.05, 3.63) is 40.1 Å². The molecule has 1 amide bonds. The fourth-order valence-electron chi connectivity index (χ4n) is 1.78. The van der Waals surface area contributed by atoms with Crippen molar-refractivity contribution in [1.29, 1.82) is 0 Å². The number of carbonyl (C=O) groups excluding carboxylic acids is 1. The molecule has 0 aliphatic heterocycles. The van der Waals surface area contributed by atoms with Gasteiger partial charge in [0.1, 0.15) is 12.3 Å². The molecule has 1 aromatic heterocycles. The maximum Gasteiger partial charge on any atom is 0.275 e. The molecule has 0 spiro atoms. The summed E-state index contributed by atoms with van der Waals surface area (Å²) in [6.45, 7) is 1.10. The van der Waals surface area contributed by atoms with Crippen molar-refractivity contribution in [1.82, 2.24) is 4.98 Å². The first kappa shape index (κ1) is 17.3. The molecule has 0 bridgehead atoms. The molecule has 0 unspecified atom stereocenters. The minimum atomic E-state index is -0.555. The number of thiazole rings is 1. The number of aromatic nitrogens is 1. The molecule has 0 aliphatic carbocycles. The number of benzene rings is 1. The molecule has 8 heteroatoms. The number of hydrogen-bond acceptors (Lipinski definition) is 6. The number of rotatable bonds is 8. The van der Waals surface area contributed by atoms with Gasteiger partial charge in [0, 0.05) is 30.7 Å². The van der Waals surface area contributed by atoms with E-state index >= 15 is 0 Å². The first-order valence-corrected chi connectivity index (χ1v) is 7.89. The van der Waals surface area contributed by atoms with Gasteiger partial charge in [-0.15, -0.1) is 11.3 Å². The van der Waals surface area contributed by atoms with E-state index in [1.54, 1.807) is 11.4 Å². The van der Waals surface area contributed by atoms with Gasteiger partial charge in [-0.05, 0) is 18.7 Å². The first-order valence-electron chi connectivity index (χ1n) is 7.01. The number of methoxy groups -OCH3 is 1. The number of halogens is 1. The third-order valence-corrected chi connectivity index (χ3v) is 3.79. The number of nitrogens with one attached hydrogen (secondary N) is 1. The smallest absolute Gasteiger partial charge is 0.275 e. The zero-order chi connectivity index (χ0) is 16.7. The molecular formula is C15H18FN3O3S. The summed E-state index contributed by atoms with van der Waals surface area (Å²) in [5.41, 5.74) is 6.07. The van der Waals surface area contributed by atoms with Crippen molar-refractivity contribution in [2.75, 3.05) is 32.2 Å². The highest BCUT2D eigenvalue weighted by Gasteiger charge is 2.12. The Labute approximate surface area is 137 Å². The molecule has 0 fully saturated rings. The largest absolute Gasteiger partial charge is 0.488 e. The normalized spacial score (nSPS) is 10.6. The van der Waals surface area contributed by atoms with Crippen LogP contribution in [0.25, 0.3) is 0 Å². The van der Waals surface area contributed by atoms with Crippen LogP contribution in [0.1, 0.15) is 15.5 Å². The second kappa shape index (κ2) is 8.56. The van der Waals surface area contributed by atoms with Gasteiger partial charge in [-0.2, -0.15) is 0 Å². The summed E-state index contributed by atoms with van der Waals surface area (Å²) in [7, 11) is 1.54. The Balaban J connectivity index is 1.98. The summed E-state index contributed by atoms with van der Waals surface area (Å²) >= 11 is 1.37. The van der Waals surface area contributed by atoms with Gasteiger partial charge in [0.25, 0.3) is 5.91 Å². The fraction of sp³-hybridized carbons (Fsp3) is 0.333. The van der Waals surface area contributed by atoms with Crippen molar-refractivity contribution < 1.29 is 18.7 Å². The fourth-order valence-corrected chi connectivity index (χ4v) is 2.57. The Bertz CT molecular complexity index is 663. The van der Waals surface area contributed by atoms with Crippen LogP contribution in [0.5, 0.6) is 5.75 Å². The average Bonchev–Trinajstić information content (AvgIpc) is 2.99. The minimum Gasteiger partial charge on any atom is -0.488 e. The van der Waals surface area contributed by atoms with Crippen molar-refractivity contribution in [3.63, 3.8) is 0 Å². The molecule has 23 heavy (non-hydrogen) atoms. The molecule has 0 atom stereocenters. The van der Waals surface area contributed by atoms with E-state index in [-0.39, 0.29) is 12.4 Å². The number of hydrogen-bond donors (Lipinski definition) is 2. The molecule has 0 radical (unpaired) electrons. The molecule has 0 saturated heterocycles. The molecule has 0 saturated carbocycles.